The highest BCUT2D eigenvalue weighted by Gasteiger charge is 2.18. The van der Waals surface area contributed by atoms with Crippen LogP contribution in [0.1, 0.15) is 15.9 Å². The molecule has 0 saturated carbocycles. The molecule has 0 atom stereocenters. The van der Waals surface area contributed by atoms with Gasteiger partial charge >= 0.3 is 0 Å². The van der Waals surface area contributed by atoms with Gasteiger partial charge in [0.15, 0.2) is 11.5 Å². The SMILES string of the molecule is COc1ccc(NC(=O)/C(=C\c2ccc3c(c2)OCO3)NC(=O)c2ccccc2Cl)cc1. The van der Waals surface area contributed by atoms with Crippen molar-refractivity contribution in [1.82, 2.24) is 5.32 Å². The Morgan fingerprint density at radius 3 is 2.50 bits per heavy atom. The van der Waals surface area contributed by atoms with Crippen molar-refractivity contribution in [2.75, 3.05) is 19.2 Å². The van der Waals surface area contributed by atoms with E-state index >= 15 is 0 Å². The normalized spacial score (nSPS) is 12.2. The van der Waals surface area contributed by atoms with Crippen LogP contribution in [0.15, 0.2) is 72.4 Å². The molecule has 4 rings (SSSR count). The fraction of sp³-hybridized carbons (Fsp3) is 0.0833. The molecule has 2 amide bonds. The van der Waals surface area contributed by atoms with E-state index in [-0.39, 0.29) is 23.1 Å². The summed E-state index contributed by atoms with van der Waals surface area (Å²) in [6.07, 6.45) is 1.55. The lowest BCUT2D eigenvalue weighted by Gasteiger charge is -2.12. The number of ether oxygens (including phenoxy) is 3. The molecule has 1 heterocycles. The lowest BCUT2D eigenvalue weighted by atomic mass is 10.1. The minimum Gasteiger partial charge on any atom is -0.497 e. The third kappa shape index (κ3) is 4.84. The highest BCUT2D eigenvalue weighted by molar-refractivity contribution is 6.34. The number of rotatable bonds is 6. The molecule has 32 heavy (non-hydrogen) atoms. The number of carbonyl (C=O) groups excluding carboxylic acids is 2. The van der Waals surface area contributed by atoms with Gasteiger partial charge in [-0.2, -0.15) is 0 Å². The maximum Gasteiger partial charge on any atom is 0.272 e. The molecule has 0 aliphatic carbocycles. The van der Waals surface area contributed by atoms with E-state index in [1.165, 1.54) is 0 Å². The maximum atomic E-state index is 13.0. The Kier molecular flexibility index (Phi) is 6.28. The molecule has 3 aromatic rings. The fourth-order valence-electron chi connectivity index (χ4n) is 3.04. The van der Waals surface area contributed by atoms with Crippen LogP contribution in [0.25, 0.3) is 6.08 Å². The average Bonchev–Trinajstić information content (AvgIpc) is 3.27. The molecule has 0 unspecified atom stereocenters. The van der Waals surface area contributed by atoms with Crippen molar-refractivity contribution in [3.05, 3.63) is 88.6 Å². The quantitative estimate of drug-likeness (QED) is 0.540. The van der Waals surface area contributed by atoms with Gasteiger partial charge in [0.05, 0.1) is 17.7 Å². The standard InChI is InChI=1S/C24H19ClN2O5/c1-30-17-9-7-16(8-10-17)26-24(29)20(27-23(28)18-4-2-3-5-19(18)25)12-15-6-11-21-22(13-15)32-14-31-21/h2-13H,14H2,1H3,(H,26,29)(H,27,28)/b20-12+. The van der Waals surface area contributed by atoms with Crippen LogP contribution in [-0.2, 0) is 4.79 Å². The van der Waals surface area contributed by atoms with Crippen molar-refractivity contribution in [2.45, 2.75) is 0 Å². The van der Waals surface area contributed by atoms with E-state index in [9.17, 15) is 9.59 Å². The summed E-state index contributed by atoms with van der Waals surface area (Å²) < 4.78 is 15.9. The summed E-state index contributed by atoms with van der Waals surface area (Å²) in [4.78, 5) is 25.9. The second-order valence-corrected chi connectivity index (χ2v) is 7.19. The summed E-state index contributed by atoms with van der Waals surface area (Å²) in [7, 11) is 1.56. The Balaban J connectivity index is 1.62. The van der Waals surface area contributed by atoms with Gasteiger partial charge < -0.3 is 24.8 Å². The van der Waals surface area contributed by atoms with Gasteiger partial charge in [0.2, 0.25) is 6.79 Å². The van der Waals surface area contributed by atoms with Crippen LogP contribution in [-0.4, -0.2) is 25.7 Å². The number of halogens is 1. The maximum absolute atomic E-state index is 13.0. The minimum absolute atomic E-state index is 0.0320. The molecule has 0 fully saturated rings. The Morgan fingerprint density at radius 1 is 1.00 bits per heavy atom. The summed E-state index contributed by atoms with van der Waals surface area (Å²) in [5, 5.41) is 5.71. The third-order valence-corrected chi connectivity index (χ3v) is 5.00. The molecule has 1 aliphatic rings. The van der Waals surface area contributed by atoms with Crippen LogP contribution in [0.5, 0.6) is 17.2 Å². The Labute approximate surface area is 189 Å². The van der Waals surface area contributed by atoms with Gasteiger partial charge in [0, 0.05) is 5.69 Å². The van der Waals surface area contributed by atoms with Crippen LogP contribution >= 0.6 is 11.6 Å². The number of amides is 2. The molecule has 8 heteroatoms. The van der Waals surface area contributed by atoms with Crippen LogP contribution in [0.4, 0.5) is 5.69 Å². The zero-order valence-corrected chi connectivity index (χ0v) is 17.8. The van der Waals surface area contributed by atoms with Gasteiger partial charge in [-0.05, 0) is 60.2 Å². The van der Waals surface area contributed by atoms with Crippen molar-refractivity contribution in [1.29, 1.82) is 0 Å². The zero-order chi connectivity index (χ0) is 22.5. The molecule has 7 nitrogen and oxygen atoms in total. The van der Waals surface area contributed by atoms with Crippen molar-refractivity contribution >= 4 is 35.2 Å². The first-order valence-electron chi connectivity index (χ1n) is 9.66. The Bertz CT molecular complexity index is 1190. The van der Waals surface area contributed by atoms with E-state index in [1.807, 2.05) is 0 Å². The minimum atomic E-state index is -0.507. The molecular formula is C24H19ClN2O5. The summed E-state index contributed by atoms with van der Waals surface area (Å²) in [5.74, 6) is 0.824. The Hall–Kier alpha value is -3.97. The van der Waals surface area contributed by atoms with Gasteiger partial charge in [-0.3, -0.25) is 9.59 Å². The number of hydrogen-bond acceptors (Lipinski definition) is 5. The molecule has 1 aliphatic heterocycles. The first-order chi connectivity index (χ1) is 15.5. The molecule has 0 saturated heterocycles. The number of anilines is 1. The summed E-state index contributed by atoms with van der Waals surface area (Å²) in [5.41, 5.74) is 1.47. The van der Waals surface area contributed by atoms with E-state index < -0.39 is 11.8 Å². The highest BCUT2D eigenvalue weighted by Crippen LogP contribution is 2.33. The average molecular weight is 451 g/mol. The molecule has 3 aromatic carbocycles. The molecule has 0 spiro atoms. The molecule has 0 aromatic heterocycles. The lowest BCUT2D eigenvalue weighted by Crippen LogP contribution is -2.30. The highest BCUT2D eigenvalue weighted by atomic mass is 35.5. The first kappa shape index (κ1) is 21.3. The van der Waals surface area contributed by atoms with Gasteiger partial charge in [0.25, 0.3) is 11.8 Å². The van der Waals surface area contributed by atoms with Crippen LogP contribution < -0.4 is 24.8 Å². The third-order valence-electron chi connectivity index (χ3n) is 4.67. The summed E-state index contributed by atoms with van der Waals surface area (Å²) in [6, 6.07) is 18.7. The van der Waals surface area contributed by atoms with Crippen LogP contribution in [0.3, 0.4) is 0 Å². The second kappa shape index (κ2) is 9.45. The molecular weight excluding hydrogens is 432 g/mol. The number of benzene rings is 3. The number of nitrogens with one attached hydrogen (secondary N) is 2. The molecule has 2 N–H and O–H groups in total. The van der Waals surface area contributed by atoms with E-state index in [4.69, 9.17) is 25.8 Å². The van der Waals surface area contributed by atoms with Gasteiger partial charge in [-0.25, -0.2) is 0 Å². The fourth-order valence-corrected chi connectivity index (χ4v) is 3.26. The number of methoxy groups -OCH3 is 1. The monoisotopic (exact) mass is 450 g/mol. The topological polar surface area (TPSA) is 85.9 Å². The van der Waals surface area contributed by atoms with Crippen LogP contribution in [0, 0.1) is 0 Å². The van der Waals surface area contributed by atoms with E-state index in [1.54, 1.807) is 79.9 Å². The van der Waals surface area contributed by atoms with Gasteiger partial charge in [-0.1, -0.05) is 29.8 Å². The van der Waals surface area contributed by atoms with E-state index in [0.29, 0.717) is 28.5 Å². The first-order valence-corrected chi connectivity index (χ1v) is 10.0. The molecule has 0 radical (unpaired) electrons. The number of carbonyl (C=O) groups is 2. The number of hydrogen-bond donors (Lipinski definition) is 2. The second-order valence-electron chi connectivity index (χ2n) is 6.79. The van der Waals surface area contributed by atoms with Gasteiger partial charge in [-0.15, -0.1) is 0 Å². The predicted molar refractivity (Wildman–Crippen MR) is 121 cm³/mol. The Morgan fingerprint density at radius 2 is 1.75 bits per heavy atom. The van der Waals surface area contributed by atoms with Crippen molar-refractivity contribution in [3.63, 3.8) is 0 Å². The van der Waals surface area contributed by atoms with E-state index in [0.717, 1.165) is 0 Å². The predicted octanol–water partition coefficient (Wildman–Crippen LogP) is 4.49. The summed E-state index contributed by atoms with van der Waals surface area (Å²) >= 11 is 6.14. The van der Waals surface area contributed by atoms with Crippen molar-refractivity contribution < 1.29 is 23.8 Å². The number of fused-ring (bicyclic) bond motifs is 1. The van der Waals surface area contributed by atoms with Gasteiger partial charge in [0.1, 0.15) is 11.4 Å². The van der Waals surface area contributed by atoms with Crippen LogP contribution in [0.2, 0.25) is 5.02 Å². The van der Waals surface area contributed by atoms with Crippen molar-refractivity contribution in [2.24, 2.45) is 0 Å². The summed E-state index contributed by atoms with van der Waals surface area (Å²) in [6.45, 7) is 0.135. The zero-order valence-electron chi connectivity index (χ0n) is 17.1. The largest absolute Gasteiger partial charge is 0.497 e. The smallest absolute Gasteiger partial charge is 0.272 e. The molecule has 162 valence electrons. The lowest BCUT2D eigenvalue weighted by molar-refractivity contribution is -0.113. The van der Waals surface area contributed by atoms with Crippen molar-refractivity contribution in [3.8, 4) is 17.2 Å². The van der Waals surface area contributed by atoms with E-state index in [2.05, 4.69) is 10.6 Å². The molecule has 0 bridgehead atoms.